The molecule has 0 saturated heterocycles. The van der Waals surface area contributed by atoms with Crippen molar-refractivity contribution in [3.05, 3.63) is 50.4 Å². The Hall–Kier alpha value is -0.950. The predicted molar refractivity (Wildman–Crippen MR) is 78.7 cm³/mol. The first-order chi connectivity index (χ1) is 9.17. The molecule has 19 heavy (non-hydrogen) atoms. The van der Waals surface area contributed by atoms with Crippen LogP contribution >= 0.6 is 27.3 Å². The van der Waals surface area contributed by atoms with Gasteiger partial charge in [0.25, 0.3) is 0 Å². The molecule has 0 amide bonds. The topological polar surface area (TPSA) is 47.3 Å². The first kappa shape index (κ1) is 14.5. The van der Waals surface area contributed by atoms with Gasteiger partial charge in [0.05, 0.1) is 22.5 Å². The van der Waals surface area contributed by atoms with E-state index < -0.39 is 0 Å². The number of hydrogen-bond donors (Lipinski definition) is 2. The number of rotatable bonds is 5. The number of ether oxygens (including phenoxy) is 1. The molecule has 1 atom stereocenters. The minimum atomic E-state index is -0.272. The third kappa shape index (κ3) is 3.14. The number of halogens is 2. The molecule has 3 N–H and O–H groups in total. The predicted octanol–water partition coefficient (Wildman–Crippen LogP) is 3.41. The van der Waals surface area contributed by atoms with Crippen molar-refractivity contribution in [1.29, 1.82) is 0 Å². The Kier molecular flexibility index (Phi) is 4.93. The van der Waals surface area contributed by atoms with Gasteiger partial charge in [-0.3, -0.25) is 11.3 Å². The van der Waals surface area contributed by atoms with Gasteiger partial charge < -0.3 is 4.74 Å². The molecule has 1 unspecified atom stereocenters. The molecule has 0 aliphatic carbocycles. The maximum atomic E-state index is 13.5. The Morgan fingerprint density at radius 1 is 1.47 bits per heavy atom. The van der Waals surface area contributed by atoms with Crippen molar-refractivity contribution in [3.63, 3.8) is 0 Å². The molecular formula is C13H14BrFN2OS. The van der Waals surface area contributed by atoms with Crippen LogP contribution < -0.4 is 16.0 Å². The molecule has 6 heteroatoms. The zero-order chi connectivity index (χ0) is 13.8. The number of nitrogens with one attached hydrogen (secondary N) is 1. The molecule has 1 aromatic heterocycles. The van der Waals surface area contributed by atoms with Crippen LogP contribution in [0.25, 0.3) is 0 Å². The Labute approximate surface area is 123 Å². The van der Waals surface area contributed by atoms with Gasteiger partial charge in [-0.15, -0.1) is 11.3 Å². The highest BCUT2D eigenvalue weighted by Crippen LogP contribution is 2.34. The molecule has 0 bridgehead atoms. The summed E-state index contributed by atoms with van der Waals surface area (Å²) in [6.45, 7) is 0. The van der Waals surface area contributed by atoms with Crippen molar-refractivity contribution < 1.29 is 9.13 Å². The van der Waals surface area contributed by atoms with Crippen LogP contribution in [-0.2, 0) is 6.42 Å². The zero-order valence-corrected chi connectivity index (χ0v) is 12.7. The van der Waals surface area contributed by atoms with E-state index >= 15 is 0 Å². The van der Waals surface area contributed by atoms with Crippen molar-refractivity contribution in [2.24, 2.45) is 5.84 Å². The summed E-state index contributed by atoms with van der Waals surface area (Å²) in [5.41, 5.74) is 3.62. The number of methoxy groups -OCH3 is 1. The van der Waals surface area contributed by atoms with E-state index in [0.717, 1.165) is 16.2 Å². The Bertz CT molecular complexity index is 561. The smallest absolute Gasteiger partial charge is 0.137 e. The molecule has 2 aromatic rings. The quantitative estimate of drug-likeness (QED) is 0.645. The van der Waals surface area contributed by atoms with Crippen molar-refractivity contribution in [1.82, 2.24) is 5.43 Å². The summed E-state index contributed by atoms with van der Waals surface area (Å²) in [5, 5.41) is 1.94. The van der Waals surface area contributed by atoms with E-state index in [1.54, 1.807) is 24.5 Å². The molecule has 0 aliphatic rings. The Morgan fingerprint density at radius 2 is 2.26 bits per heavy atom. The molecular weight excluding hydrogens is 331 g/mol. The fraction of sp³-hybridized carbons (Fsp3) is 0.231. The van der Waals surface area contributed by atoms with Gasteiger partial charge in [-0.1, -0.05) is 12.1 Å². The van der Waals surface area contributed by atoms with Gasteiger partial charge in [0.15, 0.2) is 0 Å². The van der Waals surface area contributed by atoms with Crippen LogP contribution in [0.3, 0.4) is 0 Å². The highest BCUT2D eigenvalue weighted by Gasteiger charge is 2.18. The molecule has 2 rings (SSSR count). The van der Waals surface area contributed by atoms with Gasteiger partial charge in [0.2, 0.25) is 0 Å². The summed E-state index contributed by atoms with van der Waals surface area (Å²) in [5.74, 6) is 6.14. The average molecular weight is 345 g/mol. The normalized spacial score (nSPS) is 12.4. The monoisotopic (exact) mass is 344 g/mol. The van der Waals surface area contributed by atoms with Crippen LogP contribution in [-0.4, -0.2) is 7.11 Å². The summed E-state index contributed by atoms with van der Waals surface area (Å²) in [4.78, 5) is 1.00. The van der Waals surface area contributed by atoms with Crippen LogP contribution in [0.5, 0.6) is 5.75 Å². The zero-order valence-electron chi connectivity index (χ0n) is 10.3. The number of nitrogens with two attached hydrogens (primary N) is 1. The first-order valence-corrected chi connectivity index (χ1v) is 7.35. The molecule has 1 heterocycles. The van der Waals surface area contributed by atoms with E-state index in [4.69, 9.17) is 10.6 Å². The summed E-state index contributed by atoms with van der Waals surface area (Å²) >= 11 is 4.82. The molecule has 0 fully saturated rings. The third-order valence-electron chi connectivity index (χ3n) is 2.85. The maximum Gasteiger partial charge on any atom is 0.137 e. The maximum absolute atomic E-state index is 13.5. The minimum absolute atomic E-state index is 0.118. The van der Waals surface area contributed by atoms with Crippen LogP contribution in [0.2, 0.25) is 0 Å². The van der Waals surface area contributed by atoms with Gasteiger partial charge in [0, 0.05) is 0 Å². The van der Waals surface area contributed by atoms with Gasteiger partial charge in [-0.25, -0.2) is 4.39 Å². The highest BCUT2D eigenvalue weighted by atomic mass is 79.9. The SMILES string of the molecule is COc1ccsc1C(Cc1cccc(F)c1Br)NN. The largest absolute Gasteiger partial charge is 0.496 e. The first-order valence-electron chi connectivity index (χ1n) is 5.67. The van der Waals surface area contributed by atoms with Crippen LogP contribution in [0.1, 0.15) is 16.5 Å². The standard InChI is InChI=1S/C13H14BrFN2OS/c1-18-11-5-6-19-13(11)10(17-16)7-8-3-2-4-9(15)12(8)14/h2-6,10,17H,7,16H2,1H3. The number of thiophene rings is 1. The van der Waals surface area contributed by atoms with Gasteiger partial charge in [0.1, 0.15) is 11.6 Å². The molecule has 0 aliphatic heterocycles. The van der Waals surface area contributed by atoms with Crippen LogP contribution in [0.4, 0.5) is 4.39 Å². The second-order valence-corrected chi connectivity index (χ2v) is 5.73. The molecule has 0 spiro atoms. The fourth-order valence-electron chi connectivity index (χ4n) is 1.89. The summed E-state index contributed by atoms with van der Waals surface area (Å²) in [7, 11) is 1.62. The lowest BCUT2D eigenvalue weighted by atomic mass is 10.0. The lowest BCUT2D eigenvalue weighted by Gasteiger charge is -2.17. The van der Waals surface area contributed by atoms with Crippen molar-refractivity contribution in [2.45, 2.75) is 12.5 Å². The molecule has 0 saturated carbocycles. The number of hydrazine groups is 1. The third-order valence-corrected chi connectivity index (χ3v) is 4.75. The lowest BCUT2D eigenvalue weighted by Crippen LogP contribution is -2.29. The molecule has 102 valence electrons. The van der Waals surface area contributed by atoms with E-state index in [1.807, 2.05) is 17.5 Å². The van der Waals surface area contributed by atoms with E-state index in [2.05, 4.69) is 21.4 Å². The van der Waals surface area contributed by atoms with Crippen LogP contribution in [0.15, 0.2) is 34.1 Å². The van der Waals surface area contributed by atoms with E-state index in [9.17, 15) is 4.39 Å². The minimum Gasteiger partial charge on any atom is -0.496 e. The average Bonchev–Trinajstić information content (AvgIpc) is 2.88. The lowest BCUT2D eigenvalue weighted by molar-refractivity contribution is 0.403. The van der Waals surface area contributed by atoms with Gasteiger partial charge in [-0.2, -0.15) is 0 Å². The molecule has 0 radical (unpaired) electrons. The Balaban J connectivity index is 2.27. The van der Waals surface area contributed by atoms with Crippen molar-refractivity contribution in [3.8, 4) is 5.75 Å². The van der Waals surface area contributed by atoms with Crippen molar-refractivity contribution >= 4 is 27.3 Å². The Morgan fingerprint density at radius 3 is 2.95 bits per heavy atom. The second-order valence-electron chi connectivity index (χ2n) is 3.99. The van der Waals surface area contributed by atoms with E-state index in [0.29, 0.717) is 10.9 Å². The number of hydrogen-bond acceptors (Lipinski definition) is 4. The van der Waals surface area contributed by atoms with E-state index in [1.165, 1.54) is 6.07 Å². The summed E-state index contributed by atoms with van der Waals surface area (Å²) in [6, 6.07) is 6.76. The second kappa shape index (κ2) is 6.47. The van der Waals surface area contributed by atoms with Crippen molar-refractivity contribution in [2.75, 3.05) is 7.11 Å². The van der Waals surface area contributed by atoms with E-state index in [-0.39, 0.29) is 11.9 Å². The highest BCUT2D eigenvalue weighted by molar-refractivity contribution is 9.10. The summed E-state index contributed by atoms with van der Waals surface area (Å²) in [6.07, 6.45) is 0.575. The summed E-state index contributed by atoms with van der Waals surface area (Å²) < 4.78 is 19.3. The van der Waals surface area contributed by atoms with Gasteiger partial charge in [-0.05, 0) is 45.4 Å². The molecule has 3 nitrogen and oxygen atoms in total. The fourth-order valence-corrected chi connectivity index (χ4v) is 3.23. The van der Waals surface area contributed by atoms with Gasteiger partial charge >= 0.3 is 0 Å². The van der Waals surface area contributed by atoms with Crippen LogP contribution in [0, 0.1) is 5.82 Å². The number of benzene rings is 1. The molecule has 1 aromatic carbocycles.